The summed E-state index contributed by atoms with van der Waals surface area (Å²) in [6, 6.07) is 0. The van der Waals surface area contributed by atoms with Gasteiger partial charge in [-0.05, 0) is 13.3 Å². The lowest BCUT2D eigenvalue weighted by Gasteiger charge is -2.40. The highest BCUT2D eigenvalue weighted by molar-refractivity contribution is 6.15. The number of aliphatic imine (C=N–C) groups is 1. The Morgan fingerprint density at radius 2 is 2.00 bits per heavy atom. The molecule has 0 spiro atoms. The molecule has 0 bridgehead atoms. The van der Waals surface area contributed by atoms with Gasteiger partial charge >= 0.3 is 0 Å². The maximum Gasteiger partial charge on any atom is 0.237 e. The second-order valence-corrected chi connectivity index (χ2v) is 4.53. The van der Waals surface area contributed by atoms with Gasteiger partial charge in [0.05, 0.1) is 10.2 Å². The molecule has 0 aliphatic carbocycles. The van der Waals surface area contributed by atoms with Gasteiger partial charge in [0.1, 0.15) is 5.60 Å². The van der Waals surface area contributed by atoms with Crippen molar-refractivity contribution in [2.45, 2.75) is 31.2 Å². The predicted molar refractivity (Wildman–Crippen MR) is 53.5 cm³/mol. The van der Waals surface area contributed by atoms with Gasteiger partial charge in [0.2, 0.25) is 6.08 Å². The molecule has 13 heavy (non-hydrogen) atoms. The molecule has 0 saturated carbocycles. The number of isocyanates is 1. The molecule has 5 heteroatoms. The summed E-state index contributed by atoms with van der Waals surface area (Å²) in [5.74, 6) is 0. The van der Waals surface area contributed by atoms with Crippen molar-refractivity contribution in [1.29, 1.82) is 0 Å². The van der Waals surface area contributed by atoms with E-state index in [4.69, 9.17) is 9.47 Å². The van der Waals surface area contributed by atoms with E-state index in [0.717, 1.165) is 6.42 Å². The molecular weight excluding hydrogens is 186 g/mol. The Labute approximate surface area is 81.7 Å². The number of ether oxygens (including phenoxy) is 2. The zero-order chi connectivity index (χ0) is 10.5. The number of hydrogen-bond donors (Lipinski definition) is 0. The van der Waals surface area contributed by atoms with Gasteiger partial charge in [0.15, 0.2) is 5.35 Å². The fourth-order valence-corrected chi connectivity index (χ4v) is 1.78. The first-order chi connectivity index (χ1) is 5.99. The van der Waals surface area contributed by atoms with Crippen molar-refractivity contribution in [1.82, 2.24) is 0 Å². The van der Waals surface area contributed by atoms with Crippen LogP contribution in [0.25, 0.3) is 0 Å². The molecule has 0 amide bonds. The number of rotatable bonds is 5. The molecule has 76 valence electrons. The Morgan fingerprint density at radius 1 is 1.46 bits per heavy atom. The molecule has 0 aliphatic rings. The van der Waals surface area contributed by atoms with Crippen molar-refractivity contribution in [2.24, 2.45) is 4.99 Å². The van der Waals surface area contributed by atoms with Gasteiger partial charge in [-0.3, -0.25) is 0 Å². The first-order valence-corrected chi connectivity index (χ1v) is 5.19. The normalized spacial score (nSPS) is 20.0. The Hall–Kier alpha value is -0.483. The number of hydrogen-bond acceptors (Lipinski definition) is 4. The largest absolute Gasteiger partial charge is 0.374 e. The van der Waals surface area contributed by atoms with Crippen LogP contribution in [0.15, 0.2) is 4.99 Å². The molecule has 0 heterocycles. The summed E-state index contributed by atoms with van der Waals surface area (Å²) < 4.78 is 10.6. The zero-order valence-electron chi connectivity index (χ0n) is 8.88. The number of methoxy groups -OCH3 is 2. The summed E-state index contributed by atoms with van der Waals surface area (Å²) in [5, 5.41) is -0.835. The first-order valence-electron chi connectivity index (χ1n) is 4.19. The lowest BCUT2D eigenvalue weighted by Crippen LogP contribution is -2.53. The summed E-state index contributed by atoms with van der Waals surface area (Å²) >= 11 is 0. The second kappa shape index (κ2) is 4.67. The molecule has 0 aromatic carbocycles. The van der Waals surface area contributed by atoms with Crippen LogP contribution in [0, 0.1) is 0 Å². The van der Waals surface area contributed by atoms with Gasteiger partial charge in [-0.1, -0.05) is 6.92 Å². The molecule has 0 radical (unpaired) electrons. The van der Waals surface area contributed by atoms with Crippen LogP contribution in [0.1, 0.15) is 20.3 Å². The van der Waals surface area contributed by atoms with E-state index in [1.165, 1.54) is 13.2 Å². The van der Waals surface area contributed by atoms with Crippen LogP contribution in [-0.2, 0) is 14.3 Å². The zero-order valence-corrected chi connectivity index (χ0v) is 10.9. The lowest BCUT2D eigenvalue weighted by atomic mass is 10.0. The molecular formula is C8H17NO3Si. The van der Waals surface area contributed by atoms with E-state index in [9.17, 15) is 4.79 Å². The van der Waals surface area contributed by atoms with Crippen molar-refractivity contribution in [3.63, 3.8) is 0 Å². The van der Waals surface area contributed by atoms with E-state index in [1.54, 1.807) is 7.11 Å². The second-order valence-electron chi connectivity index (χ2n) is 3.18. The lowest BCUT2D eigenvalue weighted by molar-refractivity contribution is -0.129. The van der Waals surface area contributed by atoms with Gasteiger partial charge in [0, 0.05) is 14.2 Å². The van der Waals surface area contributed by atoms with Crippen molar-refractivity contribution in [3.8, 4) is 0 Å². The van der Waals surface area contributed by atoms with Crippen molar-refractivity contribution in [2.75, 3.05) is 14.2 Å². The van der Waals surface area contributed by atoms with Gasteiger partial charge in [0.25, 0.3) is 0 Å². The third kappa shape index (κ3) is 2.25. The predicted octanol–water partition coefficient (Wildman–Crippen LogP) is -0.197. The quantitative estimate of drug-likeness (QED) is 0.353. The van der Waals surface area contributed by atoms with Crippen LogP contribution >= 0.6 is 0 Å². The van der Waals surface area contributed by atoms with E-state index in [-0.39, 0.29) is 0 Å². The van der Waals surface area contributed by atoms with E-state index in [2.05, 4.69) is 4.99 Å². The fraction of sp³-hybridized carbons (Fsp3) is 0.875. The maximum absolute atomic E-state index is 10.3. The minimum absolute atomic E-state index is 0.550. The highest BCUT2D eigenvalue weighted by atomic mass is 28.1. The molecule has 2 unspecified atom stereocenters. The summed E-state index contributed by atoms with van der Waals surface area (Å²) in [5.41, 5.74) is -0.550. The molecule has 2 atom stereocenters. The number of carbonyl (C=O) groups excluding carboxylic acids is 1. The van der Waals surface area contributed by atoms with E-state index < -0.39 is 10.9 Å². The Bertz CT molecular complexity index is 211. The van der Waals surface area contributed by atoms with Crippen molar-refractivity contribution < 1.29 is 14.3 Å². The van der Waals surface area contributed by atoms with Gasteiger partial charge < -0.3 is 9.47 Å². The van der Waals surface area contributed by atoms with E-state index in [1.807, 2.05) is 13.8 Å². The molecule has 0 aromatic rings. The Kier molecular flexibility index (Phi) is 4.50. The summed E-state index contributed by atoms with van der Waals surface area (Å²) in [6.45, 7) is 3.85. The van der Waals surface area contributed by atoms with Crippen LogP contribution in [0.5, 0.6) is 0 Å². The highest BCUT2D eigenvalue weighted by Crippen LogP contribution is 2.30. The maximum atomic E-state index is 10.3. The van der Waals surface area contributed by atoms with Gasteiger partial charge in [-0.15, -0.1) is 0 Å². The highest BCUT2D eigenvalue weighted by Gasteiger charge is 2.44. The summed E-state index contributed by atoms with van der Waals surface area (Å²) in [6.07, 6.45) is 2.27. The topological polar surface area (TPSA) is 47.9 Å². The fourth-order valence-electron chi connectivity index (χ4n) is 1.13. The van der Waals surface area contributed by atoms with Gasteiger partial charge in [-0.2, -0.15) is 4.99 Å². The van der Waals surface area contributed by atoms with Crippen molar-refractivity contribution >= 4 is 16.3 Å². The molecule has 4 nitrogen and oxygen atoms in total. The van der Waals surface area contributed by atoms with E-state index in [0.29, 0.717) is 10.2 Å². The average Bonchev–Trinajstić information content (AvgIpc) is 2.16. The molecule has 0 aromatic heterocycles. The monoisotopic (exact) mass is 203 g/mol. The summed E-state index contributed by atoms with van der Waals surface area (Å²) in [7, 11) is 3.70. The average molecular weight is 203 g/mol. The smallest absolute Gasteiger partial charge is 0.237 e. The minimum Gasteiger partial charge on any atom is -0.374 e. The van der Waals surface area contributed by atoms with Crippen molar-refractivity contribution in [3.05, 3.63) is 0 Å². The SMILES string of the molecule is CCC(C)(OC)C([SiH3])(N=C=O)OC. The number of nitrogens with zero attached hydrogens (tertiary/aromatic N) is 1. The summed E-state index contributed by atoms with van der Waals surface area (Å²) in [4.78, 5) is 14.0. The van der Waals surface area contributed by atoms with Gasteiger partial charge in [-0.25, -0.2) is 4.79 Å². The molecule has 0 fully saturated rings. The van der Waals surface area contributed by atoms with Crippen LogP contribution < -0.4 is 0 Å². The first kappa shape index (κ1) is 12.5. The Morgan fingerprint density at radius 3 is 2.23 bits per heavy atom. The third-order valence-electron chi connectivity index (χ3n) is 2.76. The molecule has 0 saturated heterocycles. The molecule has 0 aliphatic heterocycles. The minimum atomic E-state index is -0.835. The third-order valence-corrected chi connectivity index (χ3v) is 4.45. The van der Waals surface area contributed by atoms with E-state index >= 15 is 0 Å². The Balaban J connectivity index is 5.01. The van der Waals surface area contributed by atoms with Crippen LogP contribution in [0.2, 0.25) is 0 Å². The standard InChI is InChI=1S/C8H17NO3Si/c1-5-7(2,11-3)8(13,12-4)9-6-10/h5H2,1-4,13H3. The van der Waals surface area contributed by atoms with Crippen LogP contribution in [0.4, 0.5) is 0 Å². The molecule has 0 N–H and O–H groups in total. The van der Waals surface area contributed by atoms with Crippen LogP contribution in [0.3, 0.4) is 0 Å². The van der Waals surface area contributed by atoms with Crippen LogP contribution in [-0.4, -0.2) is 41.5 Å². The molecule has 0 rings (SSSR count).